The van der Waals surface area contributed by atoms with Crippen LogP contribution in [0.3, 0.4) is 0 Å². The molecule has 4 heterocycles. The summed E-state index contributed by atoms with van der Waals surface area (Å²) in [4.78, 5) is 51.0. The summed E-state index contributed by atoms with van der Waals surface area (Å²) in [7, 11) is 3.67. The number of carbonyl (C=O) groups excluding carboxylic acids is 3. The first kappa shape index (κ1) is 38.2. The molecule has 0 unspecified atom stereocenters. The van der Waals surface area contributed by atoms with Gasteiger partial charge in [0.25, 0.3) is 11.8 Å². The third-order valence-electron chi connectivity index (χ3n) is 12.2. The van der Waals surface area contributed by atoms with E-state index < -0.39 is 0 Å². The highest BCUT2D eigenvalue weighted by atomic mass is 16.5. The zero-order valence-corrected chi connectivity index (χ0v) is 33.1. The third kappa shape index (κ3) is 7.97. The van der Waals surface area contributed by atoms with Crippen molar-refractivity contribution in [2.24, 2.45) is 7.05 Å². The Kier molecular flexibility index (Phi) is 11.0. The van der Waals surface area contributed by atoms with E-state index in [1.165, 1.54) is 5.56 Å². The lowest BCUT2D eigenvalue weighted by atomic mass is 9.88. The Morgan fingerprint density at radius 3 is 2.28 bits per heavy atom. The summed E-state index contributed by atoms with van der Waals surface area (Å²) in [5.41, 5.74) is 9.62. The Balaban J connectivity index is 1.17. The Morgan fingerprint density at radius 1 is 0.807 bits per heavy atom. The van der Waals surface area contributed by atoms with E-state index in [0.29, 0.717) is 49.3 Å². The maximum atomic E-state index is 15.4. The number of carbonyl (C=O) groups is 3. The molecule has 10 heteroatoms. The molecule has 1 N–H and O–H groups in total. The molecule has 1 atom stereocenters. The number of rotatable bonds is 9. The lowest BCUT2D eigenvalue weighted by Crippen LogP contribution is -2.47. The molecule has 1 aromatic heterocycles. The maximum Gasteiger partial charge on any atom is 0.259 e. The fourth-order valence-electron chi connectivity index (χ4n) is 8.64. The standard InChI is InChI=1S/C47H51N5O5/c1-32-41(46(55)49(3)38-13-15-40(53)16-14-38)29-44(48(32)2)42-27-35-17-20-51(45(54)25-33-9-5-4-6-10-33)30-37(35)28-43(42)47(56)52-31-36-12-8-7-11-34(36)26-39(52)18-19-50-21-23-57-24-22-50/h4-16,27-29,39,53H,17-26,30-31H2,1-3H3/t39-/m1/s1. The molecule has 10 nitrogen and oxygen atoms in total. The highest BCUT2D eigenvalue weighted by molar-refractivity contribution is 6.08. The molecule has 8 rings (SSSR count). The van der Waals surface area contributed by atoms with Gasteiger partial charge in [-0.2, -0.15) is 0 Å². The fourth-order valence-corrected chi connectivity index (χ4v) is 8.64. The molecule has 4 aromatic carbocycles. The number of hydrogen-bond acceptors (Lipinski definition) is 6. The highest BCUT2D eigenvalue weighted by Gasteiger charge is 2.34. The summed E-state index contributed by atoms with van der Waals surface area (Å²) in [6.07, 6.45) is 2.61. The number of amides is 3. The minimum absolute atomic E-state index is 0.00526. The second kappa shape index (κ2) is 16.4. The fraction of sp³-hybridized carbons (Fsp3) is 0.340. The minimum Gasteiger partial charge on any atom is -0.508 e. The first-order valence-corrected chi connectivity index (χ1v) is 20.0. The van der Waals surface area contributed by atoms with Crippen molar-refractivity contribution >= 4 is 23.4 Å². The van der Waals surface area contributed by atoms with E-state index in [9.17, 15) is 14.7 Å². The number of hydrogen-bond donors (Lipinski definition) is 1. The van der Waals surface area contributed by atoms with Gasteiger partial charge in [0, 0.05) is 87.6 Å². The largest absolute Gasteiger partial charge is 0.508 e. The molecule has 0 aliphatic carbocycles. The zero-order valence-electron chi connectivity index (χ0n) is 33.1. The van der Waals surface area contributed by atoms with Crippen LogP contribution in [-0.2, 0) is 48.9 Å². The van der Waals surface area contributed by atoms with E-state index >= 15 is 4.79 Å². The van der Waals surface area contributed by atoms with Gasteiger partial charge in [-0.1, -0.05) is 54.6 Å². The van der Waals surface area contributed by atoms with Crippen LogP contribution in [0.5, 0.6) is 5.75 Å². The van der Waals surface area contributed by atoms with Gasteiger partial charge in [0.15, 0.2) is 0 Å². The van der Waals surface area contributed by atoms with Crippen LogP contribution in [0.2, 0.25) is 0 Å². The van der Waals surface area contributed by atoms with Gasteiger partial charge in [0.1, 0.15) is 5.75 Å². The van der Waals surface area contributed by atoms with Crippen LogP contribution in [-0.4, -0.2) is 94.6 Å². The number of phenolic OH excluding ortho intramolecular Hbond substituents is 1. The van der Waals surface area contributed by atoms with Crippen LogP contribution in [0.15, 0.2) is 97.1 Å². The van der Waals surface area contributed by atoms with E-state index in [2.05, 4.69) is 34.1 Å². The van der Waals surface area contributed by atoms with Crippen molar-refractivity contribution in [1.82, 2.24) is 19.3 Å². The molecule has 0 saturated carbocycles. The second-order valence-corrected chi connectivity index (χ2v) is 15.7. The van der Waals surface area contributed by atoms with Crippen molar-refractivity contribution in [3.63, 3.8) is 0 Å². The van der Waals surface area contributed by atoms with Gasteiger partial charge in [-0.3, -0.25) is 19.3 Å². The Morgan fingerprint density at radius 2 is 1.53 bits per heavy atom. The van der Waals surface area contributed by atoms with Crippen molar-refractivity contribution in [2.75, 3.05) is 51.3 Å². The predicted octanol–water partition coefficient (Wildman–Crippen LogP) is 6.40. The van der Waals surface area contributed by atoms with Gasteiger partial charge in [-0.05, 0) is 96.5 Å². The number of aromatic hydroxyl groups is 1. The van der Waals surface area contributed by atoms with Gasteiger partial charge < -0.3 is 29.1 Å². The van der Waals surface area contributed by atoms with E-state index in [1.54, 1.807) is 36.2 Å². The van der Waals surface area contributed by atoms with Crippen molar-refractivity contribution in [1.29, 1.82) is 0 Å². The van der Waals surface area contributed by atoms with E-state index in [4.69, 9.17) is 4.74 Å². The summed E-state index contributed by atoms with van der Waals surface area (Å²) < 4.78 is 7.63. The number of benzene rings is 4. The zero-order chi connectivity index (χ0) is 39.6. The van der Waals surface area contributed by atoms with Gasteiger partial charge >= 0.3 is 0 Å². The lowest BCUT2D eigenvalue weighted by Gasteiger charge is -2.39. The van der Waals surface area contributed by atoms with Crippen LogP contribution >= 0.6 is 0 Å². The Bertz CT molecular complexity index is 2280. The molecule has 3 aliphatic heterocycles. The summed E-state index contributed by atoms with van der Waals surface area (Å²) in [5.74, 6) is -0.0330. The van der Waals surface area contributed by atoms with Crippen molar-refractivity contribution in [2.45, 2.75) is 51.7 Å². The Labute approximate surface area is 334 Å². The van der Waals surface area contributed by atoms with Crippen LogP contribution < -0.4 is 4.90 Å². The van der Waals surface area contributed by atoms with E-state index in [-0.39, 0.29) is 29.5 Å². The van der Waals surface area contributed by atoms with Gasteiger partial charge in [0.05, 0.1) is 25.2 Å². The average Bonchev–Trinajstić information content (AvgIpc) is 3.54. The normalized spacial score (nSPS) is 16.9. The van der Waals surface area contributed by atoms with Gasteiger partial charge in [-0.15, -0.1) is 0 Å². The van der Waals surface area contributed by atoms with Gasteiger partial charge in [0.2, 0.25) is 5.91 Å². The maximum absolute atomic E-state index is 15.4. The molecule has 1 fully saturated rings. The molecule has 1 saturated heterocycles. The summed E-state index contributed by atoms with van der Waals surface area (Å²) >= 11 is 0. The average molecular weight is 766 g/mol. The van der Waals surface area contributed by atoms with E-state index in [0.717, 1.165) is 84.9 Å². The summed E-state index contributed by atoms with van der Waals surface area (Å²) in [6.45, 7) is 7.57. The molecular formula is C47H51N5O5. The molecule has 0 radical (unpaired) electrons. The third-order valence-corrected chi connectivity index (χ3v) is 12.2. The highest BCUT2D eigenvalue weighted by Crippen LogP contribution is 2.36. The topological polar surface area (TPSA) is 98.6 Å². The number of aromatic nitrogens is 1. The van der Waals surface area contributed by atoms with Crippen LogP contribution in [0.1, 0.15) is 60.6 Å². The van der Waals surface area contributed by atoms with Crippen LogP contribution in [0.4, 0.5) is 5.69 Å². The molecule has 3 amide bonds. The first-order chi connectivity index (χ1) is 27.6. The predicted molar refractivity (Wildman–Crippen MR) is 221 cm³/mol. The smallest absolute Gasteiger partial charge is 0.259 e. The van der Waals surface area contributed by atoms with Crippen molar-refractivity contribution < 1.29 is 24.2 Å². The summed E-state index contributed by atoms with van der Waals surface area (Å²) in [6, 6.07) is 30.9. The minimum atomic E-state index is -0.186. The van der Waals surface area contributed by atoms with Crippen LogP contribution in [0, 0.1) is 6.92 Å². The number of nitrogens with zero attached hydrogens (tertiary/aromatic N) is 5. The number of anilines is 1. The SMILES string of the molecule is Cc1c(C(=O)N(C)c2ccc(O)cc2)cc(-c2cc3c(cc2C(=O)N2Cc4ccccc4C[C@H]2CCN2CCOCC2)CN(C(=O)Cc2ccccc2)CC3)n1C. The molecule has 294 valence electrons. The van der Waals surface area contributed by atoms with Gasteiger partial charge in [-0.25, -0.2) is 0 Å². The molecular weight excluding hydrogens is 715 g/mol. The molecule has 5 aromatic rings. The number of fused-ring (bicyclic) bond motifs is 2. The second-order valence-electron chi connectivity index (χ2n) is 15.7. The molecule has 57 heavy (non-hydrogen) atoms. The Hall–Kier alpha value is -5.71. The number of morpholine rings is 1. The molecule has 0 spiro atoms. The monoisotopic (exact) mass is 765 g/mol. The molecule has 3 aliphatic rings. The number of phenols is 1. The summed E-state index contributed by atoms with van der Waals surface area (Å²) in [5, 5.41) is 9.85. The lowest BCUT2D eigenvalue weighted by molar-refractivity contribution is -0.131. The van der Waals surface area contributed by atoms with E-state index in [1.807, 2.05) is 72.0 Å². The van der Waals surface area contributed by atoms with Crippen LogP contribution in [0.25, 0.3) is 11.3 Å². The first-order valence-electron chi connectivity index (χ1n) is 20.0. The molecule has 0 bridgehead atoms. The number of ether oxygens (including phenoxy) is 1. The van der Waals surface area contributed by atoms with Crippen molar-refractivity contribution in [3.05, 3.63) is 142 Å². The quantitative estimate of drug-likeness (QED) is 0.187. The van der Waals surface area contributed by atoms with Crippen molar-refractivity contribution in [3.8, 4) is 17.0 Å².